The van der Waals surface area contributed by atoms with E-state index in [1.54, 1.807) is 0 Å². The summed E-state index contributed by atoms with van der Waals surface area (Å²) in [6, 6.07) is 0. The van der Waals surface area contributed by atoms with Crippen molar-refractivity contribution in [1.82, 2.24) is 0 Å². The summed E-state index contributed by atoms with van der Waals surface area (Å²) >= 11 is 0. The van der Waals surface area contributed by atoms with Crippen molar-refractivity contribution < 1.29 is 223 Å². The van der Waals surface area contributed by atoms with Crippen LogP contribution in [0, 0.1) is 29.6 Å². The summed E-state index contributed by atoms with van der Waals surface area (Å²) in [5, 5.41) is 270. The van der Waals surface area contributed by atoms with E-state index in [9.17, 15) is 142 Å². The van der Waals surface area contributed by atoms with Gasteiger partial charge in [0, 0.05) is 44.1 Å². The molecule has 0 bridgehead atoms. The lowest BCUT2D eigenvalue weighted by molar-refractivity contribution is -0.390. The number of aliphatic hydroxyl groups excluding tert-OH is 25. The zero-order valence-electron chi connectivity index (χ0n) is 67.9. The third-order valence-corrected chi connectivity index (χ3v) is 26.3. The van der Waals surface area contributed by atoms with Crippen LogP contribution in [0.2, 0.25) is 0 Å². The standard InChI is InChI=1S/C79H124O45/c1-108-43-19-32(8-10-35(43)84)72-45(117-79-73(66(102)57(93)48(25-82)120-79)124-78-71(107)65(101)60(96)51(123-78)28-111-53(89)14-6-29-3-11-39(37(86)16-29)113-74-67(103)61(97)55(91)46(23-80)118-74)22-34-41(112-72)20-33(83)21-42(34)115-76-70(106)64(100)59(95)50(122-76)27-109-52(88)13-5-30-4-12-40(38(87)17-30)114-75-69(105)63(99)58(94)49(121-75)26-110-54(90)15-7-31-2-9-36(85)44(18-31)116-77-68(104)62(98)56(92)47(24-81)119-77/h5-7,13-15,29-51,55-87,91-107H,2-4,8-12,16-28H2,1H3/p+1/t29?,30?,31?,32?,33?,34?,35?,36?,37?,38?,39?,40?,41?,42?,43?,44?,45?,46-,47-,48-,49-,50-,51-,55-,56-,57-,58-,59-,60-,61+,62+,63+,64+,65+,66+,67-,68-,69-,70-,71-,72?,73-,74-,75-,76-,77-,78+,79-/m1/s1. The molecule has 0 aromatic rings. The molecule has 124 heavy (non-hydrogen) atoms. The highest BCUT2D eigenvalue weighted by molar-refractivity contribution is 5.82. The van der Waals surface area contributed by atoms with Crippen LogP contribution in [0.4, 0.5) is 0 Å². The van der Waals surface area contributed by atoms with E-state index in [-0.39, 0.29) is 83.0 Å². The summed E-state index contributed by atoms with van der Waals surface area (Å²) in [6.07, 6.45) is -55.4. The maximum Gasteiger partial charge on any atom is 0.330 e. The monoisotopic (exact) mass is 1790 g/mol. The first-order valence-corrected chi connectivity index (χ1v) is 42.5. The Kier molecular flexibility index (Phi) is 35.6. The highest BCUT2D eigenvalue weighted by Gasteiger charge is 2.60. The van der Waals surface area contributed by atoms with E-state index < -0.39 is 345 Å². The molecule has 45 nitrogen and oxygen atoms in total. The maximum absolute atomic E-state index is 13.4. The van der Waals surface area contributed by atoms with Crippen LogP contribution in [-0.4, -0.2) is 461 Å². The summed E-state index contributed by atoms with van der Waals surface area (Å²) in [7, 11) is 1.42. The van der Waals surface area contributed by atoms with Gasteiger partial charge >= 0.3 is 17.9 Å². The molecule has 0 aromatic heterocycles. The Labute approximate surface area is 710 Å². The van der Waals surface area contributed by atoms with E-state index in [1.165, 1.54) is 25.3 Å². The van der Waals surface area contributed by atoms with Gasteiger partial charge in [-0.3, -0.25) is 0 Å². The van der Waals surface area contributed by atoms with E-state index >= 15 is 0 Å². The number of hydrogen-bond acceptors (Lipinski definition) is 44. The highest BCUT2D eigenvalue weighted by atomic mass is 16.8. The molecule has 12 fully saturated rings. The summed E-state index contributed by atoms with van der Waals surface area (Å²) in [6.45, 7) is -4.43. The van der Waals surface area contributed by atoms with Gasteiger partial charge in [-0.1, -0.05) is 18.2 Å². The number of fused-ring (bicyclic) bond motifs is 1. The lowest BCUT2D eigenvalue weighted by atomic mass is 9.72. The van der Waals surface area contributed by atoms with Gasteiger partial charge in [0.2, 0.25) is 0 Å². The molecule has 0 amide bonds. The number of hydrogen-bond donors (Lipinski definition) is 25. The third-order valence-electron chi connectivity index (χ3n) is 26.3. The normalized spacial score (nSPS) is 49.4. The van der Waals surface area contributed by atoms with Crippen molar-refractivity contribution in [2.45, 2.75) is 360 Å². The second-order valence-electron chi connectivity index (χ2n) is 34.7. The summed E-state index contributed by atoms with van der Waals surface area (Å²) in [5.41, 5.74) is 0. The fraction of sp³-hybridized carbons (Fsp3) is 0.886. The Morgan fingerprint density at radius 1 is 0.315 bits per heavy atom. The molecular formula is C79H125O45+. The fourth-order valence-corrected chi connectivity index (χ4v) is 18.8. The predicted octanol–water partition coefficient (Wildman–Crippen LogP) is -11.8. The van der Waals surface area contributed by atoms with Crippen molar-refractivity contribution >= 4 is 17.9 Å². The van der Waals surface area contributed by atoms with Gasteiger partial charge in [-0.25, -0.2) is 14.4 Å². The summed E-state index contributed by atoms with van der Waals surface area (Å²) < 4.78 is 98.7. The fourth-order valence-electron chi connectivity index (χ4n) is 18.8. The first kappa shape index (κ1) is 99.1. The average Bonchev–Trinajstić information content (AvgIpc) is 0.758. The molecule has 710 valence electrons. The van der Waals surface area contributed by atoms with E-state index in [0.717, 1.165) is 18.2 Å². The second-order valence-corrected chi connectivity index (χ2v) is 34.7. The zero-order chi connectivity index (χ0) is 89.6. The van der Waals surface area contributed by atoms with Crippen molar-refractivity contribution in [3.05, 3.63) is 36.5 Å². The van der Waals surface area contributed by atoms with Crippen LogP contribution in [0.15, 0.2) is 36.5 Å². The van der Waals surface area contributed by atoms with Crippen molar-refractivity contribution in [3.63, 3.8) is 0 Å². The Bertz CT molecular complexity index is 3420. The van der Waals surface area contributed by atoms with Gasteiger partial charge in [0.05, 0.1) is 86.8 Å². The van der Waals surface area contributed by atoms with E-state index in [4.69, 9.17) is 80.5 Å². The molecule has 7 heterocycles. The van der Waals surface area contributed by atoms with E-state index in [2.05, 4.69) is 0 Å². The molecule has 0 radical (unpaired) electrons. The van der Waals surface area contributed by atoms with Crippen LogP contribution >= 0.6 is 0 Å². The largest absolute Gasteiger partial charge is 0.460 e. The number of methoxy groups -OCH3 is 1. The van der Waals surface area contributed by atoms with E-state index in [0.29, 0.717) is 19.3 Å². The molecule has 0 aromatic carbocycles. The first-order chi connectivity index (χ1) is 59.1. The predicted molar refractivity (Wildman–Crippen MR) is 402 cm³/mol. The zero-order valence-corrected chi connectivity index (χ0v) is 67.9. The minimum absolute atomic E-state index is 0.0186. The van der Waals surface area contributed by atoms with Crippen LogP contribution < -0.4 is 0 Å². The van der Waals surface area contributed by atoms with E-state index in [1.807, 2.05) is 0 Å². The van der Waals surface area contributed by atoms with Crippen molar-refractivity contribution in [3.8, 4) is 0 Å². The molecule has 12 aliphatic rings. The van der Waals surface area contributed by atoms with Gasteiger partial charge in [-0.15, -0.1) is 0 Å². The second kappa shape index (κ2) is 44.5. The van der Waals surface area contributed by atoms with Gasteiger partial charge in [0.1, 0.15) is 172 Å². The molecule has 7 aliphatic heterocycles. The van der Waals surface area contributed by atoms with Crippen molar-refractivity contribution in [2.75, 3.05) is 46.8 Å². The van der Waals surface area contributed by atoms with Crippen LogP contribution in [-0.2, 0) is 90.2 Å². The van der Waals surface area contributed by atoms with Crippen LogP contribution in [0.5, 0.6) is 0 Å². The highest BCUT2D eigenvalue weighted by Crippen LogP contribution is 2.46. The summed E-state index contributed by atoms with van der Waals surface area (Å²) in [4.78, 5) is 39.5. The van der Waals surface area contributed by atoms with Crippen LogP contribution in [0.3, 0.4) is 0 Å². The topological polar surface area (TPSA) is 717 Å². The van der Waals surface area contributed by atoms with Crippen molar-refractivity contribution in [2.24, 2.45) is 29.6 Å². The summed E-state index contributed by atoms with van der Waals surface area (Å²) in [5.74, 6) is -5.36. The van der Waals surface area contributed by atoms with Gasteiger partial charge in [0.15, 0.2) is 49.9 Å². The van der Waals surface area contributed by atoms with Gasteiger partial charge < -0.3 is 208 Å². The Morgan fingerprint density at radius 3 is 1.08 bits per heavy atom. The van der Waals surface area contributed by atoms with Gasteiger partial charge in [0.25, 0.3) is 0 Å². The first-order valence-electron chi connectivity index (χ1n) is 42.5. The minimum atomic E-state index is -2.11. The number of aliphatic hydroxyl groups is 27. The molecular weight excluding hydrogens is 1670 g/mol. The van der Waals surface area contributed by atoms with Crippen LogP contribution in [0.25, 0.3) is 0 Å². The number of allylic oxidation sites excluding steroid dienone is 3. The number of carbonyl (C=O) groups is 3. The number of esters is 3. The Balaban J connectivity index is 0.631. The molecule has 5 aliphatic carbocycles. The molecule has 0 spiro atoms. The number of carbonyl (C=O) groups excluding carboxylic acids is 3. The smallest absolute Gasteiger partial charge is 0.330 e. The molecule has 18 unspecified atom stereocenters. The Morgan fingerprint density at radius 2 is 0.661 bits per heavy atom. The maximum atomic E-state index is 13.4. The molecule has 7 saturated heterocycles. The molecule has 26 N–H and O–H groups in total. The number of ether oxygens (including phenoxy) is 17. The SMILES string of the molecule is COC1CC(C2[OH+]C3CC(O)CC(O[C@@H]4O[C@H](COC(=O)C=CC5CCC(O[C@@H]6O[C@H](COC(=O)C=CC7CCC(O)C(O[C@@H]8O[C@H](CO)[C@@H](O)[C@H](O)[C@H]8O)C7)[C@@H](O)[C@H](O)[C@H]6O)C(O)C5)[C@@H](O)[C@H](O)[C@H]4O)C3CC2O[C@@H]2O[C@H](CO)[C@@H](O)[C@H](O)[C@H]2O[C@@H]2O[C@H](COC(=O)C=CC3CCC(O[C@@H]4O[C@H](CO)[C@@H](O)[C@H](O)[C@H]4O)C(O)C3)[C@@H](O)[C@H](O)[C@H]2O)CCC1O. The molecule has 45 heteroatoms. The van der Waals surface area contributed by atoms with Crippen molar-refractivity contribution in [1.29, 1.82) is 0 Å². The third kappa shape index (κ3) is 23.6. The van der Waals surface area contributed by atoms with Gasteiger partial charge in [-0.2, -0.15) is 0 Å². The lowest BCUT2D eigenvalue weighted by Crippen LogP contribution is -2.66. The average molecular weight is 1790 g/mol. The molecule has 48 atom stereocenters. The Hall–Kier alpha value is -3.93. The number of rotatable bonds is 29. The van der Waals surface area contributed by atoms with Crippen LogP contribution in [0.1, 0.15) is 96.3 Å². The quantitative estimate of drug-likeness (QED) is 0.0143. The molecule has 12 rings (SSSR count). The lowest BCUT2D eigenvalue weighted by Gasteiger charge is -2.51. The van der Waals surface area contributed by atoms with Gasteiger partial charge in [-0.05, 0) is 101 Å². The molecule has 5 saturated carbocycles. The minimum Gasteiger partial charge on any atom is -0.460 e.